The summed E-state index contributed by atoms with van der Waals surface area (Å²) in [4.78, 5) is 8.68. The highest BCUT2D eigenvalue weighted by molar-refractivity contribution is 5.97. The van der Waals surface area contributed by atoms with E-state index in [1.165, 1.54) is 0 Å². The van der Waals surface area contributed by atoms with Crippen LogP contribution in [-0.4, -0.2) is 15.7 Å². The minimum absolute atomic E-state index is 0.706. The van der Waals surface area contributed by atoms with E-state index >= 15 is 0 Å². The third-order valence-corrected chi connectivity index (χ3v) is 2.24. The highest BCUT2D eigenvalue weighted by atomic mass is 15.1. The second-order valence-corrected chi connectivity index (χ2v) is 3.34. The third kappa shape index (κ3) is 2.06. The van der Waals surface area contributed by atoms with Gasteiger partial charge in [-0.3, -0.25) is 4.98 Å². The van der Waals surface area contributed by atoms with E-state index in [4.69, 9.17) is 5.84 Å². The zero-order chi connectivity index (χ0) is 11.4. The van der Waals surface area contributed by atoms with Crippen molar-refractivity contribution in [1.82, 2.24) is 9.97 Å². The van der Waals surface area contributed by atoms with Gasteiger partial charge in [-0.25, -0.2) is 4.98 Å². The molecule has 4 heteroatoms. The zero-order valence-corrected chi connectivity index (χ0v) is 8.96. The van der Waals surface area contributed by atoms with E-state index in [-0.39, 0.29) is 0 Å². The number of nitrogens with two attached hydrogens (primary N) is 1. The van der Waals surface area contributed by atoms with Crippen LogP contribution in [0, 0.1) is 0 Å². The first-order chi connectivity index (χ1) is 7.81. The Morgan fingerprint density at radius 2 is 1.94 bits per heavy atom. The van der Waals surface area contributed by atoms with Gasteiger partial charge in [0.25, 0.3) is 0 Å². The van der Waals surface area contributed by atoms with Gasteiger partial charge in [0.05, 0.1) is 22.8 Å². The first-order valence-corrected chi connectivity index (χ1v) is 4.94. The Kier molecular flexibility index (Phi) is 2.91. The minimum atomic E-state index is 0.706. The van der Waals surface area contributed by atoms with Crippen LogP contribution in [0.1, 0.15) is 12.6 Å². The Morgan fingerprint density at radius 1 is 1.12 bits per heavy atom. The first kappa shape index (κ1) is 10.3. The Morgan fingerprint density at radius 3 is 2.62 bits per heavy atom. The maximum atomic E-state index is 5.23. The first-order valence-electron chi connectivity index (χ1n) is 4.94. The molecule has 2 rings (SSSR count). The molecule has 0 unspecified atom stereocenters. The second-order valence-electron chi connectivity index (χ2n) is 3.34. The number of pyridine rings is 2. The molecule has 0 radical (unpaired) electrons. The monoisotopic (exact) mass is 212 g/mol. The van der Waals surface area contributed by atoms with Crippen molar-refractivity contribution in [2.24, 2.45) is 10.9 Å². The van der Waals surface area contributed by atoms with Crippen molar-refractivity contribution in [3.05, 3.63) is 48.3 Å². The smallest absolute Gasteiger partial charge is 0.0894 e. The zero-order valence-electron chi connectivity index (χ0n) is 8.96. The maximum absolute atomic E-state index is 5.23. The van der Waals surface area contributed by atoms with E-state index in [1.54, 1.807) is 6.20 Å². The lowest BCUT2D eigenvalue weighted by Gasteiger charge is -2.02. The van der Waals surface area contributed by atoms with E-state index in [9.17, 15) is 0 Å². The molecule has 0 saturated carbocycles. The molecular formula is C12H12N4. The van der Waals surface area contributed by atoms with Crippen molar-refractivity contribution >= 4 is 5.71 Å². The second kappa shape index (κ2) is 4.53. The van der Waals surface area contributed by atoms with Gasteiger partial charge in [0, 0.05) is 6.20 Å². The van der Waals surface area contributed by atoms with E-state index in [1.807, 2.05) is 43.3 Å². The molecule has 0 amide bonds. The third-order valence-electron chi connectivity index (χ3n) is 2.24. The fourth-order valence-electron chi connectivity index (χ4n) is 1.36. The molecule has 0 aromatic carbocycles. The fourth-order valence-corrected chi connectivity index (χ4v) is 1.36. The molecule has 0 aliphatic heterocycles. The SMILES string of the molecule is C/C(=N/N)c1cccc(-c2ccccn2)n1. The van der Waals surface area contributed by atoms with Crippen LogP contribution in [0.4, 0.5) is 0 Å². The molecular weight excluding hydrogens is 200 g/mol. The molecule has 2 aromatic heterocycles. The summed E-state index contributed by atoms with van der Waals surface area (Å²) >= 11 is 0. The molecule has 16 heavy (non-hydrogen) atoms. The van der Waals surface area contributed by atoms with Crippen LogP contribution in [0.15, 0.2) is 47.7 Å². The summed E-state index contributed by atoms with van der Waals surface area (Å²) in [5, 5.41) is 3.63. The summed E-state index contributed by atoms with van der Waals surface area (Å²) in [6.07, 6.45) is 1.74. The number of rotatable bonds is 2. The van der Waals surface area contributed by atoms with Crippen molar-refractivity contribution in [3.63, 3.8) is 0 Å². The summed E-state index contributed by atoms with van der Waals surface area (Å²) in [6.45, 7) is 1.82. The summed E-state index contributed by atoms with van der Waals surface area (Å²) in [5.74, 6) is 5.23. The Hall–Kier alpha value is -2.23. The quantitative estimate of drug-likeness (QED) is 0.469. The molecule has 2 heterocycles. The summed E-state index contributed by atoms with van der Waals surface area (Å²) in [6, 6.07) is 11.4. The molecule has 80 valence electrons. The predicted octanol–water partition coefficient (Wildman–Crippen LogP) is 1.83. The van der Waals surface area contributed by atoms with Gasteiger partial charge >= 0.3 is 0 Å². The van der Waals surface area contributed by atoms with Crippen molar-refractivity contribution < 1.29 is 0 Å². The molecule has 4 nitrogen and oxygen atoms in total. The number of nitrogens with zero attached hydrogens (tertiary/aromatic N) is 3. The average Bonchev–Trinajstić information content (AvgIpc) is 2.39. The van der Waals surface area contributed by atoms with Crippen LogP contribution in [0.5, 0.6) is 0 Å². The van der Waals surface area contributed by atoms with Crippen LogP contribution in [-0.2, 0) is 0 Å². The van der Waals surface area contributed by atoms with Crippen LogP contribution in [0.25, 0.3) is 11.4 Å². The van der Waals surface area contributed by atoms with Gasteiger partial charge < -0.3 is 5.84 Å². The van der Waals surface area contributed by atoms with Crippen LogP contribution >= 0.6 is 0 Å². The van der Waals surface area contributed by atoms with Gasteiger partial charge in [0.1, 0.15) is 0 Å². The van der Waals surface area contributed by atoms with Crippen LogP contribution in [0.3, 0.4) is 0 Å². The fraction of sp³-hybridized carbons (Fsp3) is 0.0833. The normalized spacial score (nSPS) is 11.4. The summed E-state index contributed by atoms with van der Waals surface area (Å²) < 4.78 is 0. The van der Waals surface area contributed by atoms with E-state index < -0.39 is 0 Å². The highest BCUT2D eigenvalue weighted by Crippen LogP contribution is 2.13. The molecule has 0 atom stereocenters. The van der Waals surface area contributed by atoms with Crippen LogP contribution in [0.2, 0.25) is 0 Å². The van der Waals surface area contributed by atoms with Crippen LogP contribution < -0.4 is 5.84 Å². The summed E-state index contributed by atoms with van der Waals surface area (Å²) in [7, 11) is 0. The number of aromatic nitrogens is 2. The molecule has 0 aliphatic rings. The molecule has 0 fully saturated rings. The minimum Gasteiger partial charge on any atom is -0.323 e. The molecule has 0 saturated heterocycles. The van der Waals surface area contributed by atoms with E-state index in [0.717, 1.165) is 17.1 Å². The largest absolute Gasteiger partial charge is 0.323 e. The van der Waals surface area contributed by atoms with Gasteiger partial charge in [-0.15, -0.1) is 0 Å². The van der Waals surface area contributed by atoms with Crippen molar-refractivity contribution in [3.8, 4) is 11.4 Å². The molecule has 0 bridgehead atoms. The van der Waals surface area contributed by atoms with Crippen molar-refractivity contribution in [2.75, 3.05) is 0 Å². The number of hydrogen-bond acceptors (Lipinski definition) is 4. The molecule has 2 N–H and O–H groups in total. The Balaban J connectivity index is 2.44. The average molecular weight is 212 g/mol. The standard InChI is InChI=1S/C12H12N4/c1-9(16-13)10-6-4-7-12(15-10)11-5-2-3-8-14-11/h2-8H,13H2,1H3/b16-9-. The molecule has 0 aliphatic carbocycles. The number of hydrogen-bond donors (Lipinski definition) is 1. The molecule has 2 aromatic rings. The maximum Gasteiger partial charge on any atom is 0.0894 e. The van der Waals surface area contributed by atoms with E-state index in [2.05, 4.69) is 15.1 Å². The van der Waals surface area contributed by atoms with Gasteiger partial charge in [0.2, 0.25) is 0 Å². The van der Waals surface area contributed by atoms with Gasteiger partial charge in [-0.2, -0.15) is 5.10 Å². The number of hydrazone groups is 1. The van der Waals surface area contributed by atoms with Crippen molar-refractivity contribution in [2.45, 2.75) is 6.92 Å². The lowest BCUT2D eigenvalue weighted by molar-refractivity contribution is 1.19. The summed E-state index contributed by atoms with van der Waals surface area (Å²) in [5.41, 5.74) is 3.14. The predicted molar refractivity (Wildman–Crippen MR) is 63.9 cm³/mol. The lowest BCUT2D eigenvalue weighted by atomic mass is 10.2. The Bertz CT molecular complexity index is 505. The van der Waals surface area contributed by atoms with Crippen molar-refractivity contribution in [1.29, 1.82) is 0 Å². The van der Waals surface area contributed by atoms with Gasteiger partial charge in [-0.1, -0.05) is 12.1 Å². The Labute approximate surface area is 93.9 Å². The lowest BCUT2D eigenvalue weighted by Crippen LogP contribution is -2.02. The molecule has 0 spiro atoms. The van der Waals surface area contributed by atoms with Gasteiger partial charge in [-0.05, 0) is 31.2 Å². The highest BCUT2D eigenvalue weighted by Gasteiger charge is 2.03. The van der Waals surface area contributed by atoms with Gasteiger partial charge in [0.15, 0.2) is 0 Å². The topological polar surface area (TPSA) is 64.2 Å². The van der Waals surface area contributed by atoms with E-state index in [0.29, 0.717) is 5.71 Å².